The van der Waals surface area contributed by atoms with E-state index >= 15 is 0 Å². The molecule has 0 atom stereocenters. The average molecular weight is 527 g/mol. The first kappa shape index (κ1) is 24.7. The number of benzene rings is 5. The van der Waals surface area contributed by atoms with Crippen LogP contribution in [-0.4, -0.2) is 11.1 Å². The maximum Gasteiger partial charge on any atom is 0.271 e. The van der Waals surface area contributed by atoms with Gasteiger partial charge in [-0.25, -0.2) is 4.99 Å². The number of ether oxygens (including phenoxy) is 1. The van der Waals surface area contributed by atoms with Crippen LogP contribution in [0.25, 0.3) is 16.8 Å². The number of aryl methyl sites for hydroxylation is 1. The number of aliphatic imine (C=N–C) groups is 1. The maximum atomic E-state index is 13.9. The Morgan fingerprint density at radius 1 is 0.795 bits per heavy atom. The number of anilines is 1. The molecule has 0 aliphatic carbocycles. The highest BCUT2D eigenvalue weighted by atomic mass is 32.2. The van der Waals surface area contributed by atoms with Crippen molar-refractivity contribution in [3.8, 4) is 5.75 Å². The van der Waals surface area contributed by atoms with Crippen LogP contribution < -0.4 is 9.64 Å². The SMILES string of the molecule is Cc1ccc(COc2ccc3ccccc3c2/C=C2/SC(=Nc3ccccc3)N(c3ccccc3)C2=O)cc1. The van der Waals surface area contributed by atoms with Crippen molar-refractivity contribution in [1.29, 1.82) is 0 Å². The first-order valence-electron chi connectivity index (χ1n) is 12.8. The molecule has 0 spiro atoms. The second kappa shape index (κ2) is 11.0. The van der Waals surface area contributed by atoms with Crippen LogP contribution in [0, 0.1) is 6.92 Å². The maximum absolute atomic E-state index is 13.9. The van der Waals surface area contributed by atoms with E-state index in [9.17, 15) is 4.79 Å². The van der Waals surface area contributed by atoms with Crippen molar-refractivity contribution in [2.75, 3.05) is 4.90 Å². The van der Waals surface area contributed by atoms with E-state index < -0.39 is 0 Å². The lowest BCUT2D eigenvalue weighted by molar-refractivity contribution is -0.113. The van der Waals surface area contributed by atoms with Crippen molar-refractivity contribution >= 4 is 51.1 Å². The van der Waals surface area contributed by atoms with Gasteiger partial charge in [-0.05, 0) is 71.4 Å². The van der Waals surface area contributed by atoms with E-state index in [1.807, 2.05) is 84.9 Å². The van der Waals surface area contributed by atoms with Gasteiger partial charge in [-0.2, -0.15) is 0 Å². The van der Waals surface area contributed by atoms with E-state index in [2.05, 4.69) is 49.4 Å². The van der Waals surface area contributed by atoms with Crippen LogP contribution in [0.5, 0.6) is 5.75 Å². The molecule has 39 heavy (non-hydrogen) atoms. The number of nitrogens with zero attached hydrogens (tertiary/aromatic N) is 2. The Balaban J connectivity index is 1.43. The molecule has 0 radical (unpaired) electrons. The Kier molecular flexibility index (Phi) is 6.98. The largest absolute Gasteiger partial charge is 0.488 e. The number of para-hydroxylation sites is 2. The average Bonchev–Trinajstić information content (AvgIpc) is 3.28. The summed E-state index contributed by atoms with van der Waals surface area (Å²) >= 11 is 1.38. The van der Waals surface area contributed by atoms with Crippen molar-refractivity contribution in [1.82, 2.24) is 0 Å². The van der Waals surface area contributed by atoms with Gasteiger partial charge in [0.05, 0.1) is 16.3 Å². The first-order valence-corrected chi connectivity index (χ1v) is 13.6. The normalized spacial score (nSPS) is 15.4. The minimum Gasteiger partial charge on any atom is -0.488 e. The summed E-state index contributed by atoms with van der Waals surface area (Å²) in [5, 5.41) is 2.73. The van der Waals surface area contributed by atoms with Gasteiger partial charge in [0.15, 0.2) is 5.17 Å². The number of fused-ring (bicyclic) bond motifs is 1. The molecule has 5 heteroatoms. The molecule has 0 bridgehead atoms. The van der Waals surface area contributed by atoms with E-state index in [0.717, 1.165) is 39.0 Å². The third-order valence-corrected chi connectivity index (χ3v) is 7.49. The summed E-state index contributed by atoms with van der Waals surface area (Å²) in [6.45, 7) is 2.51. The Morgan fingerprint density at radius 2 is 1.49 bits per heavy atom. The molecule has 0 N–H and O–H groups in total. The molecule has 6 rings (SSSR count). The molecule has 190 valence electrons. The highest BCUT2D eigenvalue weighted by Gasteiger charge is 2.35. The lowest BCUT2D eigenvalue weighted by Crippen LogP contribution is -2.28. The summed E-state index contributed by atoms with van der Waals surface area (Å²) in [6.07, 6.45) is 1.95. The molecule has 1 aliphatic rings. The minimum absolute atomic E-state index is 0.113. The van der Waals surface area contributed by atoms with E-state index in [1.165, 1.54) is 17.3 Å². The second-order valence-electron chi connectivity index (χ2n) is 9.29. The smallest absolute Gasteiger partial charge is 0.271 e. The number of carbonyl (C=O) groups is 1. The lowest BCUT2D eigenvalue weighted by Gasteiger charge is -2.15. The molecular weight excluding hydrogens is 500 g/mol. The molecule has 1 fully saturated rings. The molecule has 1 saturated heterocycles. The van der Waals surface area contributed by atoms with Crippen LogP contribution >= 0.6 is 11.8 Å². The van der Waals surface area contributed by atoms with Gasteiger partial charge < -0.3 is 4.74 Å². The molecule has 1 aliphatic heterocycles. The lowest BCUT2D eigenvalue weighted by atomic mass is 10.0. The summed E-state index contributed by atoms with van der Waals surface area (Å²) in [4.78, 5) is 21.0. The number of thioether (sulfide) groups is 1. The molecule has 4 nitrogen and oxygen atoms in total. The predicted molar refractivity (Wildman–Crippen MR) is 162 cm³/mol. The minimum atomic E-state index is -0.113. The fraction of sp³-hybridized carbons (Fsp3) is 0.0588. The summed E-state index contributed by atoms with van der Waals surface area (Å²) < 4.78 is 6.34. The molecule has 5 aromatic carbocycles. The van der Waals surface area contributed by atoms with Crippen molar-refractivity contribution < 1.29 is 9.53 Å². The van der Waals surface area contributed by atoms with E-state index in [0.29, 0.717) is 16.7 Å². The zero-order valence-electron chi connectivity index (χ0n) is 21.5. The Morgan fingerprint density at radius 3 is 2.26 bits per heavy atom. The van der Waals surface area contributed by atoms with E-state index in [1.54, 1.807) is 4.90 Å². The molecule has 0 saturated carbocycles. The van der Waals surface area contributed by atoms with Gasteiger partial charge in [0, 0.05) is 5.56 Å². The molecular formula is C34H26N2O2S. The molecule has 5 aromatic rings. The van der Waals surface area contributed by atoms with Gasteiger partial charge in [-0.1, -0.05) is 96.6 Å². The monoisotopic (exact) mass is 526 g/mol. The summed E-state index contributed by atoms with van der Waals surface area (Å²) in [6, 6.07) is 39.9. The highest BCUT2D eigenvalue weighted by molar-refractivity contribution is 8.19. The number of hydrogen-bond acceptors (Lipinski definition) is 4. The topological polar surface area (TPSA) is 41.9 Å². The summed E-state index contributed by atoms with van der Waals surface area (Å²) in [5.41, 5.74) is 4.75. The van der Waals surface area contributed by atoms with Crippen molar-refractivity contribution in [2.24, 2.45) is 4.99 Å². The Bertz CT molecular complexity index is 1690. The van der Waals surface area contributed by atoms with Crippen molar-refractivity contribution in [3.05, 3.63) is 143 Å². The van der Waals surface area contributed by atoms with Crippen LogP contribution in [-0.2, 0) is 11.4 Å². The second-order valence-corrected chi connectivity index (χ2v) is 10.3. The fourth-order valence-corrected chi connectivity index (χ4v) is 5.48. The van der Waals surface area contributed by atoms with E-state index in [-0.39, 0.29) is 5.91 Å². The number of amides is 1. The van der Waals surface area contributed by atoms with Crippen LogP contribution in [0.4, 0.5) is 11.4 Å². The first-order chi connectivity index (χ1) is 19.2. The Hall–Kier alpha value is -4.61. The van der Waals surface area contributed by atoms with Gasteiger partial charge in [0.25, 0.3) is 5.91 Å². The molecule has 0 unspecified atom stereocenters. The van der Waals surface area contributed by atoms with Gasteiger partial charge in [-0.3, -0.25) is 9.69 Å². The Labute approximate surface area is 232 Å². The predicted octanol–water partition coefficient (Wildman–Crippen LogP) is 8.54. The zero-order chi connectivity index (χ0) is 26.6. The third kappa shape index (κ3) is 5.35. The fourth-order valence-electron chi connectivity index (χ4n) is 4.49. The molecule has 0 aromatic heterocycles. The number of hydrogen-bond donors (Lipinski definition) is 0. The quantitative estimate of drug-likeness (QED) is 0.208. The van der Waals surface area contributed by atoms with Crippen LogP contribution in [0.3, 0.4) is 0 Å². The van der Waals surface area contributed by atoms with Crippen LogP contribution in [0.1, 0.15) is 16.7 Å². The van der Waals surface area contributed by atoms with Crippen LogP contribution in [0.15, 0.2) is 131 Å². The van der Waals surface area contributed by atoms with E-state index in [4.69, 9.17) is 9.73 Å². The summed E-state index contributed by atoms with van der Waals surface area (Å²) in [7, 11) is 0. The number of rotatable bonds is 6. The number of amidine groups is 1. The van der Waals surface area contributed by atoms with Gasteiger partial charge >= 0.3 is 0 Å². The van der Waals surface area contributed by atoms with Crippen molar-refractivity contribution in [3.63, 3.8) is 0 Å². The zero-order valence-corrected chi connectivity index (χ0v) is 22.3. The number of carbonyl (C=O) groups excluding carboxylic acids is 1. The summed E-state index contributed by atoms with van der Waals surface area (Å²) in [5.74, 6) is 0.619. The molecule has 1 heterocycles. The standard InChI is InChI=1S/C34H26N2O2S/c1-24-16-18-25(19-17-24)23-38-31-21-20-26-10-8-9-15-29(26)30(31)22-32-33(37)36(28-13-6-3-7-14-28)34(39-32)35-27-11-4-2-5-12-27/h2-22H,23H2,1H3/b32-22+,35-34?. The highest BCUT2D eigenvalue weighted by Crippen LogP contribution is 2.40. The van der Waals surface area contributed by atoms with Gasteiger partial charge in [-0.15, -0.1) is 0 Å². The third-order valence-electron chi connectivity index (χ3n) is 6.52. The van der Waals surface area contributed by atoms with Crippen LogP contribution in [0.2, 0.25) is 0 Å². The molecule has 1 amide bonds. The van der Waals surface area contributed by atoms with Crippen molar-refractivity contribution in [2.45, 2.75) is 13.5 Å². The van der Waals surface area contributed by atoms with Gasteiger partial charge in [0.2, 0.25) is 0 Å². The van der Waals surface area contributed by atoms with Gasteiger partial charge in [0.1, 0.15) is 12.4 Å².